The Labute approximate surface area is 135 Å². The summed E-state index contributed by atoms with van der Waals surface area (Å²) in [7, 11) is -5.74. The predicted octanol–water partition coefficient (Wildman–Crippen LogP) is 3.29. The van der Waals surface area contributed by atoms with Crippen LogP contribution in [-0.4, -0.2) is 13.0 Å². The summed E-state index contributed by atoms with van der Waals surface area (Å²) in [5, 5.41) is 0. The Balaban J connectivity index is 2.37. The van der Waals surface area contributed by atoms with Crippen molar-refractivity contribution in [3.05, 3.63) is 58.7 Å². The quantitative estimate of drug-likeness (QED) is 0.465. The van der Waals surface area contributed by atoms with Crippen molar-refractivity contribution in [2.45, 2.75) is 24.8 Å². The number of aryl methyl sites for hydroxylation is 1. The summed E-state index contributed by atoms with van der Waals surface area (Å²) in [6.45, 7) is 1.51. The molecule has 2 rings (SSSR count). The van der Waals surface area contributed by atoms with Gasteiger partial charge in [0, 0.05) is 0 Å². The van der Waals surface area contributed by atoms with Crippen molar-refractivity contribution in [1.82, 2.24) is 0 Å². The molecule has 0 bridgehead atoms. The lowest BCUT2D eigenvalue weighted by molar-refractivity contribution is 0.256. The molecule has 24 heavy (non-hydrogen) atoms. The Morgan fingerprint density at radius 3 is 1.79 bits per heavy atom. The molecule has 4 nitrogen and oxygen atoms in total. The van der Waals surface area contributed by atoms with Gasteiger partial charge in [-0.15, -0.1) is 0 Å². The molecule has 0 amide bonds. The minimum absolute atomic E-state index is 0.416. The molecule has 0 spiro atoms. The largest absolute Gasteiger partial charge is 0.744 e. The highest BCUT2D eigenvalue weighted by Crippen LogP contribution is 2.32. The second-order valence-electron chi connectivity index (χ2n) is 4.83. The summed E-state index contributed by atoms with van der Waals surface area (Å²) in [6.07, 6.45) is 0.770. The molecular weight excluding hydrogens is 352 g/mol. The highest BCUT2D eigenvalue weighted by Gasteiger charge is 2.30. The van der Waals surface area contributed by atoms with Crippen molar-refractivity contribution in [2.75, 3.05) is 0 Å². The van der Waals surface area contributed by atoms with E-state index in [1.54, 1.807) is 24.3 Å². The Morgan fingerprint density at radius 2 is 1.38 bits per heavy atom. The third-order valence-electron chi connectivity index (χ3n) is 3.25. The van der Waals surface area contributed by atoms with E-state index in [1.807, 2.05) is 6.92 Å². The van der Waals surface area contributed by atoms with E-state index in [9.17, 15) is 30.5 Å². The Kier molecular flexibility index (Phi) is 5.14. The summed E-state index contributed by atoms with van der Waals surface area (Å²) >= 11 is 0. The molecule has 0 unspecified atom stereocenters. The molecule has 0 saturated carbocycles. The first-order valence-electron chi connectivity index (χ1n) is 6.69. The van der Waals surface area contributed by atoms with Crippen LogP contribution in [0.4, 0.5) is 17.6 Å². The minimum Gasteiger partial charge on any atom is -0.744 e. The van der Waals surface area contributed by atoms with Crippen LogP contribution in [0.3, 0.4) is 0 Å². The van der Waals surface area contributed by atoms with Crippen LogP contribution < -0.4 is 4.74 Å². The lowest BCUT2D eigenvalue weighted by Crippen LogP contribution is -2.12. The number of benzene rings is 2. The first-order chi connectivity index (χ1) is 11.2. The third-order valence-corrected chi connectivity index (χ3v) is 4.11. The fourth-order valence-corrected chi connectivity index (χ4v) is 2.58. The smallest absolute Gasteiger partial charge is 0.205 e. The van der Waals surface area contributed by atoms with Crippen LogP contribution in [0, 0.1) is 23.3 Å². The van der Waals surface area contributed by atoms with Gasteiger partial charge in [0.1, 0.15) is 21.6 Å². The fourth-order valence-electron chi connectivity index (χ4n) is 1.96. The molecule has 0 atom stereocenters. The van der Waals surface area contributed by atoms with E-state index >= 15 is 0 Å². The SMILES string of the molecule is CCc1ccc(COc2c(F)c(F)c(S(=O)(=O)[O-])c(F)c2F)cc1. The van der Waals surface area contributed by atoms with E-state index in [0.29, 0.717) is 5.56 Å². The normalized spacial score (nSPS) is 11.6. The molecule has 0 heterocycles. The average molecular weight is 363 g/mol. The molecule has 0 saturated heterocycles. The van der Waals surface area contributed by atoms with Gasteiger partial charge in [-0.3, -0.25) is 0 Å². The standard InChI is InChI=1S/C15H12F4O4S/c1-2-8-3-5-9(6-4-8)7-23-14-10(16)12(18)15(24(20,21)22)13(19)11(14)17/h3-6H,2,7H2,1H3,(H,20,21,22)/p-1. The lowest BCUT2D eigenvalue weighted by Gasteiger charge is -2.14. The van der Waals surface area contributed by atoms with Crippen molar-refractivity contribution in [2.24, 2.45) is 0 Å². The van der Waals surface area contributed by atoms with E-state index in [-0.39, 0.29) is 0 Å². The highest BCUT2D eigenvalue weighted by atomic mass is 32.2. The molecule has 2 aromatic carbocycles. The zero-order valence-electron chi connectivity index (χ0n) is 12.3. The summed E-state index contributed by atoms with van der Waals surface area (Å²) in [5.41, 5.74) is 1.46. The number of hydrogen-bond acceptors (Lipinski definition) is 4. The molecule has 2 aromatic rings. The monoisotopic (exact) mass is 363 g/mol. The molecule has 0 fully saturated rings. The maximum Gasteiger partial charge on any atom is 0.205 e. The number of halogens is 4. The molecule has 0 aliphatic rings. The first kappa shape index (κ1) is 18.2. The molecule has 0 aliphatic carbocycles. The first-order valence-corrected chi connectivity index (χ1v) is 8.10. The molecule has 0 radical (unpaired) electrons. The van der Waals surface area contributed by atoms with Crippen molar-refractivity contribution in [1.29, 1.82) is 0 Å². The van der Waals surface area contributed by atoms with Gasteiger partial charge in [-0.25, -0.2) is 17.2 Å². The third kappa shape index (κ3) is 3.51. The number of rotatable bonds is 5. The number of hydrogen-bond donors (Lipinski definition) is 0. The van der Waals surface area contributed by atoms with Crippen LogP contribution in [0.5, 0.6) is 5.75 Å². The van der Waals surface area contributed by atoms with Crippen LogP contribution in [0.15, 0.2) is 29.2 Å². The summed E-state index contributed by atoms with van der Waals surface area (Å²) in [6, 6.07) is 6.66. The average Bonchev–Trinajstić information content (AvgIpc) is 2.52. The molecule has 9 heteroatoms. The van der Waals surface area contributed by atoms with Gasteiger partial charge in [0.2, 0.25) is 11.6 Å². The minimum atomic E-state index is -5.74. The van der Waals surface area contributed by atoms with Gasteiger partial charge in [-0.2, -0.15) is 8.78 Å². The van der Waals surface area contributed by atoms with Gasteiger partial charge in [-0.05, 0) is 17.5 Å². The maximum absolute atomic E-state index is 13.7. The van der Waals surface area contributed by atoms with E-state index in [4.69, 9.17) is 4.74 Å². The van der Waals surface area contributed by atoms with Gasteiger partial charge in [0.25, 0.3) is 0 Å². The van der Waals surface area contributed by atoms with E-state index in [2.05, 4.69) is 0 Å². The van der Waals surface area contributed by atoms with Gasteiger partial charge in [0.05, 0.1) is 0 Å². The Hall–Kier alpha value is -2.13. The lowest BCUT2D eigenvalue weighted by atomic mass is 10.1. The van der Waals surface area contributed by atoms with Gasteiger partial charge in [-0.1, -0.05) is 31.2 Å². The predicted molar refractivity (Wildman–Crippen MR) is 74.4 cm³/mol. The molecule has 0 aliphatic heterocycles. The van der Waals surface area contributed by atoms with E-state index in [0.717, 1.165) is 12.0 Å². The second kappa shape index (κ2) is 6.78. The van der Waals surface area contributed by atoms with Crippen LogP contribution in [0.2, 0.25) is 0 Å². The van der Waals surface area contributed by atoms with Crippen LogP contribution in [0.25, 0.3) is 0 Å². The fraction of sp³-hybridized carbons (Fsp3) is 0.200. The Morgan fingerprint density at radius 1 is 0.917 bits per heavy atom. The zero-order chi connectivity index (χ0) is 18.1. The van der Waals surface area contributed by atoms with E-state index in [1.165, 1.54) is 0 Å². The number of ether oxygens (including phenoxy) is 1. The summed E-state index contributed by atoms with van der Waals surface area (Å²) in [5.74, 6) is -10.3. The van der Waals surface area contributed by atoms with Crippen molar-refractivity contribution >= 4 is 10.1 Å². The van der Waals surface area contributed by atoms with Crippen LogP contribution in [0.1, 0.15) is 18.1 Å². The molecule has 0 N–H and O–H groups in total. The molecular formula is C15H11F4O4S-. The second-order valence-corrected chi connectivity index (χ2v) is 6.14. The van der Waals surface area contributed by atoms with Gasteiger partial charge in [0.15, 0.2) is 17.4 Å². The molecule has 0 aromatic heterocycles. The van der Waals surface area contributed by atoms with Crippen molar-refractivity contribution < 1.29 is 35.3 Å². The summed E-state index contributed by atoms with van der Waals surface area (Å²) < 4.78 is 91.5. The van der Waals surface area contributed by atoms with Crippen LogP contribution >= 0.6 is 0 Å². The van der Waals surface area contributed by atoms with Crippen LogP contribution in [-0.2, 0) is 23.1 Å². The molecule has 130 valence electrons. The van der Waals surface area contributed by atoms with Gasteiger partial charge >= 0.3 is 0 Å². The van der Waals surface area contributed by atoms with Crippen molar-refractivity contribution in [3.8, 4) is 5.75 Å². The maximum atomic E-state index is 13.7. The topological polar surface area (TPSA) is 66.4 Å². The summed E-state index contributed by atoms with van der Waals surface area (Å²) in [4.78, 5) is -2.21. The highest BCUT2D eigenvalue weighted by molar-refractivity contribution is 7.85. The van der Waals surface area contributed by atoms with Gasteiger partial charge < -0.3 is 9.29 Å². The van der Waals surface area contributed by atoms with E-state index < -0.39 is 50.6 Å². The van der Waals surface area contributed by atoms with Crippen molar-refractivity contribution in [3.63, 3.8) is 0 Å². The Bertz CT molecular complexity index is 835. The zero-order valence-corrected chi connectivity index (χ0v) is 13.1.